The maximum absolute atomic E-state index is 10.6. The maximum atomic E-state index is 10.6. The van der Waals surface area contributed by atoms with E-state index in [9.17, 15) is 4.79 Å². The molecule has 0 bridgehead atoms. The van der Waals surface area contributed by atoms with E-state index >= 15 is 0 Å². The summed E-state index contributed by atoms with van der Waals surface area (Å²) in [5.74, 6) is -0.384. The zero-order chi connectivity index (χ0) is 7.56. The molecule has 2 unspecified atom stereocenters. The number of esters is 1. The standard InChI is InChI=1S/C7H9O3.Y/c1-2-6-3-5(8)4-7(9)10-6;/h1-2,5-6,8H,3-4H2;/q-1;. The number of carbonyl (C=O) groups is 1. The third kappa shape index (κ3) is 3.45. The van der Waals surface area contributed by atoms with Crippen molar-refractivity contribution in [1.82, 2.24) is 0 Å². The minimum atomic E-state index is -0.592. The molecule has 0 aromatic heterocycles. The van der Waals surface area contributed by atoms with E-state index in [0.29, 0.717) is 6.42 Å². The summed E-state index contributed by atoms with van der Waals surface area (Å²) in [6.07, 6.45) is 0.787. The molecule has 11 heavy (non-hydrogen) atoms. The summed E-state index contributed by atoms with van der Waals surface area (Å²) in [7, 11) is 0. The van der Waals surface area contributed by atoms with Gasteiger partial charge in [0.1, 0.15) is 0 Å². The molecule has 1 fully saturated rings. The average Bonchev–Trinajstić information content (AvgIpc) is 1.85. The second-order valence-electron chi connectivity index (χ2n) is 2.31. The van der Waals surface area contributed by atoms with Gasteiger partial charge in [0.15, 0.2) is 0 Å². The van der Waals surface area contributed by atoms with Gasteiger partial charge in [0.2, 0.25) is 0 Å². The van der Waals surface area contributed by atoms with Crippen LogP contribution in [0.1, 0.15) is 12.8 Å². The molecule has 0 spiro atoms. The van der Waals surface area contributed by atoms with E-state index in [-0.39, 0.29) is 45.1 Å². The fraction of sp³-hybridized carbons (Fsp3) is 0.571. The van der Waals surface area contributed by atoms with E-state index in [1.54, 1.807) is 0 Å². The summed E-state index contributed by atoms with van der Waals surface area (Å²) in [6.45, 7) is 5.11. The summed E-state index contributed by atoms with van der Waals surface area (Å²) >= 11 is 0. The Morgan fingerprint density at radius 1 is 1.73 bits per heavy atom. The number of aliphatic hydroxyl groups is 1. The molecule has 1 heterocycles. The predicted octanol–water partition coefficient (Wildman–Crippen LogP) is 0.0396. The Morgan fingerprint density at radius 2 is 2.36 bits per heavy atom. The van der Waals surface area contributed by atoms with Crippen molar-refractivity contribution in [1.29, 1.82) is 0 Å². The molecule has 0 aromatic carbocycles. The molecule has 2 atom stereocenters. The molecule has 1 saturated heterocycles. The zero-order valence-electron chi connectivity index (χ0n) is 6.06. The molecule has 1 aliphatic rings. The molecule has 3 nitrogen and oxygen atoms in total. The zero-order valence-corrected chi connectivity index (χ0v) is 8.90. The van der Waals surface area contributed by atoms with Crippen LogP contribution in [0, 0.1) is 6.58 Å². The second kappa shape index (κ2) is 5.01. The second-order valence-corrected chi connectivity index (χ2v) is 2.31. The first-order chi connectivity index (χ1) is 4.72. The molecule has 4 heteroatoms. The number of aliphatic hydroxyl groups excluding tert-OH is 1. The van der Waals surface area contributed by atoms with Crippen molar-refractivity contribution in [2.45, 2.75) is 25.0 Å². The van der Waals surface area contributed by atoms with E-state index in [1.165, 1.54) is 6.08 Å². The summed E-state index contributed by atoms with van der Waals surface area (Å²) in [6, 6.07) is 0. The Balaban J connectivity index is 0.000001000. The minimum Gasteiger partial charge on any atom is -0.514 e. The molecule has 0 aromatic rings. The van der Waals surface area contributed by atoms with Crippen LogP contribution in [-0.4, -0.2) is 23.3 Å². The Bertz CT molecular complexity index is 158. The maximum Gasteiger partial charge on any atom is 0.308 e. The summed E-state index contributed by atoms with van der Waals surface area (Å²) < 4.78 is 4.73. The van der Waals surface area contributed by atoms with Crippen LogP contribution in [-0.2, 0) is 42.2 Å². The Labute approximate surface area is 90.7 Å². The van der Waals surface area contributed by atoms with Crippen molar-refractivity contribution in [2.24, 2.45) is 0 Å². The fourth-order valence-electron chi connectivity index (χ4n) is 0.927. The van der Waals surface area contributed by atoms with Gasteiger partial charge in [-0.05, 0) is 0 Å². The molecule has 59 valence electrons. The van der Waals surface area contributed by atoms with Gasteiger partial charge in [0.05, 0.1) is 18.6 Å². The smallest absolute Gasteiger partial charge is 0.308 e. The number of rotatable bonds is 1. The average molecular weight is 230 g/mol. The van der Waals surface area contributed by atoms with Gasteiger partial charge in [0.25, 0.3) is 0 Å². The van der Waals surface area contributed by atoms with Crippen LogP contribution in [0.15, 0.2) is 6.08 Å². The van der Waals surface area contributed by atoms with Gasteiger partial charge in [-0.2, -0.15) is 0 Å². The third-order valence-corrected chi connectivity index (χ3v) is 1.40. The Morgan fingerprint density at radius 3 is 2.82 bits per heavy atom. The molecule has 1 rings (SSSR count). The van der Waals surface area contributed by atoms with Crippen molar-refractivity contribution in [3.05, 3.63) is 12.7 Å². The molecule has 1 N–H and O–H groups in total. The van der Waals surface area contributed by atoms with Crippen LogP contribution in [0.2, 0.25) is 0 Å². The van der Waals surface area contributed by atoms with Crippen molar-refractivity contribution >= 4 is 5.97 Å². The third-order valence-electron chi connectivity index (χ3n) is 1.40. The van der Waals surface area contributed by atoms with Gasteiger partial charge in [-0.25, -0.2) is 6.08 Å². The summed E-state index contributed by atoms with van der Waals surface area (Å²) in [5.41, 5.74) is 0. The van der Waals surface area contributed by atoms with Gasteiger partial charge in [0, 0.05) is 39.1 Å². The van der Waals surface area contributed by atoms with Gasteiger partial charge >= 0.3 is 5.97 Å². The molecular weight excluding hydrogens is 221 g/mol. The Kier molecular flexibility index (Phi) is 5.14. The van der Waals surface area contributed by atoms with Crippen molar-refractivity contribution < 1.29 is 47.3 Å². The van der Waals surface area contributed by atoms with Crippen LogP contribution in [0.3, 0.4) is 0 Å². The minimum absolute atomic E-state index is 0. The van der Waals surface area contributed by atoms with E-state index in [1.807, 2.05) is 0 Å². The molecular formula is C7H9O3Y-. The number of cyclic esters (lactones) is 1. The van der Waals surface area contributed by atoms with Crippen LogP contribution in [0.5, 0.6) is 0 Å². The number of hydrogen-bond acceptors (Lipinski definition) is 3. The molecule has 0 amide bonds. The number of ether oxygens (including phenoxy) is 1. The topological polar surface area (TPSA) is 46.5 Å². The van der Waals surface area contributed by atoms with Gasteiger partial charge in [-0.15, -0.1) is 0 Å². The van der Waals surface area contributed by atoms with E-state index in [0.717, 1.165) is 0 Å². The first-order valence-electron chi connectivity index (χ1n) is 3.15. The van der Waals surface area contributed by atoms with Crippen LogP contribution < -0.4 is 0 Å². The first kappa shape index (κ1) is 11.3. The normalized spacial score (nSPS) is 30.1. The van der Waals surface area contributed by atoms with Gasteiger partial charge < -0.3 is 16.4 Å². The van der Waals surface area contributed by atoms with E-state index in [2.05, 4.69) is 0 Å². The predicted molar refractivity (Wildman–Crippen MR) is 34.0 cm³/mol. The first-order valence-corrected chi connectivity index (χ1v) is 3.15. The van der Waals surface area contributed by atoms with Crippen LogP contribution >= 0.6 is 0 Å². The summed E-state index contributed by atoms with van der Waals surface area (Å²) in [4.78, 5) is 10.6. The van der Waals surface area contributed by atoms with Crippen molar-refractivity contribution in [3.8, 4) is 0 Å². The van der Waals surface area contributed by atoms with Crippen molar-refractivity contribution in [2.75, 3.05) is 0 Å². The van der Waals surface area contributed by atoms with Crippen molar-refractivity contribution in [3.63, 3.8) is 0 Å². The number of hydrogen-bond donors (Lipinski definition) is 1. The van der Waals surface area contributed by atoms with Gasteiger partial charge in [-0.3, -0.25) is 4.79 Å². The van der Waals surface area contributed by atoms with E-state index in [4.69, 9.17) is 16.4 Å². The SMILES string of the molecule is [CH-]=CC1CC(O)CC(=O)O1.[Y]. The summed E-state index contributed by atoms with van der Waals surface area (Å²) in [5, 5.41) is 9.00. The molecule has 1 aliphatic heterocycles. The van der Waals surface area contributed by atoms with Crippen LogP contribution in [0.4, 0.5) is 0 Å². The Hall–Kier alpha value is 0.274. The van der Waals surface area contributed by atoms with Crippen LogP contribution in [0.25, 0.3) is 0 Å². The largest absolute Gasteiger partial charge is 0.514 e. The quantitative estimate of drug-likeness (QED) is 0.511. The fourth-order valence-corrected chi connectivity index (χ4v) is 0.927. The molecule has 1 radical (unpaired) electrons. The molecule has 0 saturated carbocycles. The monoisotopic (exact) mass is 230 g/mol. The van der Waals surface area contributed by atoms with E-state index < -0.39 is 12.2 Å². The molecule has 0 aliphatic carbocycles. The number of carbonyl (C=O) groups excluding carboxylic acids is 1. The van der Waals surface area contributed by atoms with Gasteiger partial charge in [-0.1, -0.05) is 0 Å².